The van der Waals surface area contributed by atoms with Gasteiger partial charge in [0.15, 0.2) is 0 Å². The van der Waals surface area contributed by atoms with Gasteiger partial charge in [0, 0.05) is 0 Å². The Labute approximate surface area is 191 Å². The Morgan fingerprint density at radius 1 is 1.06 bits per heavy atom. The summed E-state index contributed by atoms with van der Waals surface area (Å²) in [5.74, 6) is 0.733. The lowest BCUT2D eigenvalue weighted by molar-refractivity contribution is -0.141. The van der Waals surface area contributed by atoms with Crippen LogP contribution in [0.15, 0.2) is 34.9 Å². The summed E-state index contributed by atoms with van der Waals surface area (Å²) in [5.41, 5.74) is 4.32. The van der Waals surface area contributed by atoms with E-state index in [9.17, 15) is 9.90 Å². The molecule has 1 aliphatic carbocycles. The van der Waals surface area contributed by atoms with Crippen molar-refractivity contribution in [3.8, 4) is 0 Å². The number of allylic oxidation sites excluding steroid dienone is 5. The molecule has 0 amide bonds. The summed E-state index contributed by atoms with van der Waals surface area (Å²) in [6.07, 6.45) is 17.4. The first-order valence-electron chi connectivity index (χ1n) is 12.5. The third kappa shape index (κ3) is 11.7. The van der Waals surface area contributed by atoms with Gasteiger partial charge >= 0.3 is 5.97 Å². The van der Waals surface area contributed by atoms with Gasteiger partial charge in [-0.25, -0.2) is 0 Å². The van der Waals surface area contributed by atoms with Gasteiger partial charge in [0.05, 0.1) is 12.0 Å². The molecule has 0 aromatic rings. The quantitative estimate of drug-likeness (QED) is 0.276. The molecule has 1 rings (SSSR count). The molecule has 0 saturated carbocycles. The first kappa shape index (κ1) is 27.7. The van der Waals surface area contributed by atoms with Crippen molar-refractivity contribution >= 4 is 5.97 Å². The van der Waals surface area contributed by atoms with Gasteiger partial charge in [0.1, 0.15) is 0 Å². The molecule has 31 heavy (non-hydrogen) atoms. The van der Waals surface area contributed by atoms with Crippen molar-refractivity contribution in [2.24, 2.45) is 23.7 Å². The zero-order valence-electron chi connectivity index (χ0n) is 21.0. The fourth-order valence-electron chi connectivity index (χ4n) is 4.33. The Kier molecular flexibility index (Phi) is 13.1. The van der Waals surface area contributed by atoms with Crippen LogP contribution in [0.4, 0.5) is 0 Å². The minimum Gasteiger partial charge on any atom is -0.481 e. The topological polar surface area (TPSA) is 57.5 Å². The number of carbonyl (C=O) groups is 1. The van der Waals surface area contributed by atoms with Crippen molar-refractivity contribution in [1.29, 1.82) is 0 Å². The first-order valence-corrected chi connectivity index (χ1v) is 12.5. The number of hydrogen-bond donors (Lipinski definition) is 2. The number of hydrogen-bond acceptors (Lipinski definition) is 2. The van der Waals surface area contributed by atoms with Gasteiger partial charge in [-0.3, -0.25) is 4.79 Å². The summed E-state index contributed by atoms with van der Waals surface area (Å²) < 4.78 is 0. The van der Waals surface area contributed by atoms with E-state index < -0.39 is 5.97 Å². The highest BCUT2D eigenvalue weighted by Crippen LogP contribution is 2.32. The van der Waals surface area contributed by atoms with Crippen LogP contribution in [0.25, 0.3) is 0 Å². The van der Waals surface area contributed by atoms with Crippen LogP contribution in [-0.4, -0.2) is 22.3 Å². The van der Waals surface area contributed by atoms with Gasteiger partial charge in [-0.1, -0.05) is 62.6 Å². The van der Waals surface area contributed by atoms with E-state index in [0.717, 1.165) is 50.9 Å². The predicted molar refractivity (Wildman–Crippen MR) is 132 cm³/mol. The number of carboxylic acid groups (broad SMARTS) is 1. The molecule has 0 radical (unpaired) electrons. The second kappa shape index (κ2) is 14.7. The maximum Gasteiger partial charge on any atom is 0.306 e. The first-order chi connectivity index (χ1) is 14.6. The molecule has 0 spiro atoms. The molecule has 0 heterocycles. The van der Waals surface area contributed by atoms with Crippen molar-refractivity contribution in [2.75, 3.05) is 0 Å². The maximum atomic E-state index is 10.9. The molecule has 5 atom stereocenters. The molecule has 1 aliphatic rings. The highest BCUT2D eigenvalue weighted by molar-refractivity contribution is 5.69. The van der Waals surface area contributed by atoms with Crippen molar-refractivity contribution in [3.63, 3.8) is 0 Å². The SMILES string of the molecule is C/C(=C\CCC(C)CCC1=CC(O)C(C)C(C)C1)CCC/C(C)=C/CCC(C)C(=O)O. The van der Waals surface area contributed by atoms with Crippen molar-refractivity contribution < 1.29 is 15.0 Å². The second-order valence-electron chi connectivity index (χ2n) is 10.3. The summed E-state index contributed by atoms with van der Waals surface area (Å²) in [4.78, 5) is 10.9. The molecule has 3 heteroatoms. The van der Waals surface area contributed by atoms with Gasteiger partial charge < -0.3 is 10.2 Å². The molecular weight excluding hydrogens is 384 g/mol. The fourth-order valence-corrected chi connectivity index (χ4v) is 4.33. The number of rotatable bonds is 14. The van der Waals surface area contributed by atoms with Crippen LogP contribution in [0.2, 0.25) is 0 Å². The van der Waals surface area contributed by atoms with Gasteiger partial charge in [-0.2, -0.15) is 0 Å². The largest absolute Gasteiger partial charge is 0.481 e. The lowest BCUT2D eigenvalue weighted by Gasteiger charge is -2.30. The Morgan fingerprint density at radius 3 is 2.19 bits per heavy atom. The summed E-state index contributed by atoms with van der Waals surface area (Å²) >= 11 is 0. The van der Waals surface area contributed by atoms with E-state index in [0.29, 0.717) is 11.8 Å². The van der Waals surface area contributed by atoms with E-state index in [1.54, 1.807) is 6.92 Å². The monoisotopic (exact) mass is 432 g/mol. The van der Waals surface area contributed by atoms with Gasteiger partial charge in [-0.05, 0) is 95.8 Å². The summed E-state index contributed by atoms with van der Waals surface area (Å²) in [7, 11) is 0. The highest BCUT2D eigenvalue weighted by atomic mass is 16.4. The molecule has 2 N–H and O–H groups in total. The van der Waals surface area contributed by atoms with Gasteiger partial charge in [0.2, 0.25) is 0 Å². The summed E-state index contributed by atoms with van der Waals surface area (Å²) in [5, 5.41) is 19.1. The normalized spacial score (nSPS) is 24.6. The molecule has 5 unspecified atom stereocenters. The smallest absolute Gasteiger partial charge is 0.306 e. The molecule has 0 aliphatic heterocycles. The van der Waals surface area contributed by atoms with Crippen LogP contribution in [0.5, 0.6) is 0 Å². The standard InChI is InChI=1S/C28H48O3/c1-20(10-7-11-21(2)14-9-15-23(4)28(30)31)12-8-13-22(3)16-17-26-18-24(5)25(6)27(29)19-26/h12,14,19,22-25,27,29H,7-11,13,15-18H2,1-6H3,(H,30,31)/b20-12+,21-14+. The predicted octanol–water partition coefficient (Wildman–Crippen LogP) is 7.71. The average molecular weight is 433 g/mol. The molecule has 0 bridgehead atoms. The van der Waals surface area contributed by atoms with Crippen LogP contribution in [-0.2, 0) is 4.79 Å². The van der Waals surface area contributed by atoms with E-state index in [1.165, 1.54) is 36.0 Å². The number of aliphatic hydroxyl groups excluding tert-OH is 1. The van der Waals surface area contributed by atoms with Gasteiger partial charge in [-0.15, -0.1) is 0 Å². The van der Waals surface area contributed by atoms with E-state index in [4.69, 9.17) is 5.11 Å². The molecular formula is C28H48O3. The fraction of sp³-hybridized carbons (Fsp3) is 0.750. The number of aliphatic carboxylic acids is 1. The Balaban J connectivity index is 2.20. The van der Waals surface area contributed by atoms with E-state index in [-0.39, 0.29) is 12.0 Å². The minimum atomic E-state index is -0.699. The zero-order chi connectivity index (χ0) is 23.4. The summed E-state index contributed by atoms with van der Waals surface area (Å²) in [6, 6.07) is 0. The Morgan fingerprint density at radius 2 is 1.65 bits per heavy atom. The van der Waals surface area contributed by atoms with Gasteiger partial charge in [0.25, 0.3) is 0 Å². The number of aliphatic hydroxyl groups is 1. The van der Waals surface area contributed by atoms with Crippen LogP contribution in [0.3, 0.4) is 0 Å². The van der Waals surface area contributed by atoms with E-state index >= 15 is 0 Å². The van der Waals surface area contributed by atoms with Crippen molar-refractivity contribution in [1.82, 2.24) is 0 Å². The lowest BCUT2D eigenvalue weighted by atomic mass is 9.78. The van der Waals surface area contributed by atoms with Crippen LogP contribution in [0, 0.1) is 23.7 Å². The zero-order valence-corrected chi connectivity index (χ0v) is 21.0. The Hall–Kier alpha value is -1.35. The van der Waals surface area contributed by atoms with E-state index in [1.807, 2.05) is 0 Å². The molecule has 3 nitrogen and oxygen atoms in total. The molecule has 0 aromatic carbocycles. The lowest BCUT2D eigenvalue weighted by Crippen LogP contribution is -2.27. The highest BCUT2D eigenvalue weighted by Gasteiger charge is 2.25. The average Bonchev–Trinajstić information content (AvgIpc) is 2.70. The third-order valence-electron chi connectivity index (χ3n) is 7.19. The van der Waals surface area contributed by atoms with Crippen molar-refractivity contribution in [2.45, 2.75) is 112 Å². The molecule has 178 valence electrons. The van der Waals surface area contributed by atoms with Crippen molar-refractivity contribution in [3.05, 3.63) is 34.9 Å². The minimum absolute atomic E-state index is 0.255. The van der Waals surface area contributed by atoms with Crippen LogP contribution >= 0.6 is 0 Å². The summed E-state index contributed by atoms with van der Waals surface area (Å²) in [6.45, 7) is 13.0. The second-order valence-corrected chi connectivity index (χ2v) is 10.3. The third-order valence-corrected chi connectivity index (χ3v) is 7.19. The maximum absolute atomic E-state index is 10.9. The molecule has 0 aromatic heterocycles. The van der Waals surface area contributed by atoms with Crippen LogP contribution in [0.1, 0.15) is 106 Å². The van der Waals surface area contributed by atoms with E-state index in [2.05, 4.69) is 52.8 Å². The molecule has 0 saturated heterocycles. The Bertz CT molecular complexity index is 628. The number of carboxylic acids is 1. The molecule has 0 fully saturated rings. The van der Waals surface area contributed by atoms with Crippen LogP contribution < -0.4 is 0 Å².